The number of nitrogens with one attached hydrogen (secondary N) is 2. The highest BCUT2D eigenvalue weighted by molar-refractivity contribution is 9.10. The first-order chi connectivity index (χ1) is 20.3. The average Bonchev–Trinajstić information content (AvgIpc) is 3.02. The molecule has 42 heavy (non-hydrogen) atoms. The number of fused-ring (bicyclic) bond motifs is 1. The number of aryl methyl sites for hydroxylation is 1. The van der Waals surface area contributed by atoms with Crippen molar-refractivity contribution >= 4 is 73.4 Å². The summed E-state index contributed by atoms with van der Waals surface area (Å²) in [7, 11) is 8.05. The van der Waals surface area contributed by atoms with E-state index in [1.807, 2.05) is 25.4 Å². The quantitative estimate of drug-likeness (QED) is 0.184. The summed E-state index contributed by atoms with van der Waals surface area (Å²) in [5, 5.41) is 6.90. The van der Waals surface area contributed by atoms with Crippen LogP contribution in [0.15, 0.2) is 47.3 Å². The second kappa shape index (κ2) is 13.3. The molecule has 0 radical (unpaired) electrons. The summed E-state index contributed by atoms with van der Waals surface area (Å²) in [5.74, 6) is 1.84. The molecule has 2 aromatic carbocycles. The fraction of sp³-hybridized carbons (Fsp3) is 0.400. The molecule has 0 aliphatic carbocycles. The molecule has 2 N–H and O–H groups in total. The van der Waals surface area contributed by atoms with Gasteiger partial charge in [-0.05, 0) is 73.1 Å². The largest absolute Gasteiger partial charge is 0.494 e. The molecule has 222 valence electrons. The van der Waals surface area contributed by atoms with Gasteiger partial charge in [0, 0.05) is 62.8 Å². The van der Waals surface area contributed by atoms with Crippen molar-refractivity contribution < 1.29 is 4.74 Å². The van der Waals surface area contributed by atoms with Crippen LogP contribution in [-0.2, 0) is 6.42 Å². The molecule has 3 heterocycles. The van der Waals surface area contributed by atoms with E-state index in [1.165, 1.54) is 11.3 Å². The molecule has 4 aromatic rings. The van der Waals surface area contributed by atoms with Crippen LogP contribution < -0.4 is 24.6 Å². The van der Waals surface area contributed by atoms with Crippen LogP contribution in [0.25, 0.3) is 11.0 Å². The normalized spacial score (nSPS) is 14.0. The summed E-state index contributed by atoms with van der Waals surface area (Å²) < 4.78 is 8.66. The maximum atomic E-state index is 5.85. The highest BCUT2D eigenvalue weighted by Gasteiger charge is 2.24. The first-order valence-corrected chi connectivity index (χ1v) is 16.0. The van der Waals surface area contributed by atoms with E-state index >= 15 is 0 Å². The average molecular weight is 653 g/mol. The number of halogens is 1. The first-order valence-electron chi connectivity index (χ1n) is 14.0. The van der Waals surface area contributed by atoms with Crippen molar-refractivity contribution in [2.75, 3.05) is 67.4 Å². The molecular formula is C30H38BrN9OS. The van der Waals surface area contributed by atoms with Crippen LogP contribution in [0.1, 0.15) is 25.3 Å². The van der Waals surface area contributed by atoms with Gasteiger partial charge in [0.2, 0.25) is 5.95 Å². The Bertz CT molecular complexity index is 1550. The maximum Gasteiger partial charge on any atom is 0.229 e. The number of nitrogens with zero attached hydrogens (tertiary/aromatic N) is 7. The van der Waals surface area contributed by atoms with Crippen molar-refractivity contribution in [1.82, 2.24) is 24.8 Å². The number of piperidine rings is 1. The topological polar surface area (TPSA) is 94.6 Å². The van der Waals surface area contributed by atoms with Crippen LogP contribution in [0.3, 0.4) is 0 Å². The summed E-state index contributed by atoms with van der Waals surface area (Å²) in [6.45, 7) is 4.26. The van der Waals surface area contributed by atoms with Gasteiger partial charge >= 0.3 is 0 Å². The molecule has 5 rings (SSSR count). The molecule has 0 bridgehead atoms. The Hall–Kier alpha value is -3.35. The fourth-order valence-electron chi connectivity index (χ4n) is 5.38. The van der Waals surface area contributed by atoms with Crippen molar-refractivity contribution in [3.63, 3.8) is 0 Å². The predicted molar refractivity (Wildman–Crippen MR) is 179 cm³/mol. The Kier molecular flexibility index (Phi) is 9.54. The fourth-order valence-corrected chi connectivity index (χ4v) is 6.03. The van der Waals surface area contributed by atoms with Crippen LogP contribution >= 0.6 is 27.9 Å². The third-order valence-corrected chi connectivity index (χ3v) is 9.07. The van der Waals surface area contributed by atoms with E-state index in [4.69, 9.17) is 9.72 Å². The van der Waals surface area contributed by atoms with Gasteiger partial charge in [0.25, 0.3) is 0 Å². The number of hydrogen-bond acceptors (Lipinski definition) is 11. The Morgan fingerprint density at radius 2 is 1.81 bits per heavy atom. The molecule has 0 unspecified atom stereocenters. The van der Waals surface area contributed by atoms with Crippen LogP contribution in [0, 0.1) is 0 Å². The van der Waals surface area contributed by atoms with Gasteiger partial charge in [-0.3, -0.25) is 9.97 Å². The predicted octanol–water partition coefficient (Wildman–Crippen LogP) is 6.49. The number of rotatable bonds is 10. The Morgan fingerprint density at radius 3 is 2.50 bits per heavy atom. The van der Waals surface area contributed by atoms with E-state index in [-0.39, 0.29) is 0 Å². The minimum absolute atomic E-state index is 0.459. The van der Waals surface area contributed by atoms with E-state index in [9.17, 15) is 0 Å². The molecule has 2 aromatic heterocycles. The lowest BCUT2D eigenvalue weighted by Crippen LogP contribution is -2.42. The summed E-state index contributed by atoms with van der Waals surface area (Å²) >= 11 is 5.22. The van der Waals surface area contributed by atoms with Crippen molar-refractivity contribution in [2.24, 2.45) is 0 Å². The van der Waals surface area contributed by atoms with Crippen LogP contribution in [-0.4, -0.2) is 78.5 Å². The van der Waals surface area contributed by atoms with E-state index in [1.54, 1.807) is 37.6 Å². The number of methoxy groups -OCH3 is 1. The molecule has 12 heteroatoms. The number of anilines is 6. The van der Waals surface area contributed by atoms with Crippen molar-refractivity contribution in [3.8, 4) is 5.75 Å². The van der Waals surface area contributed by atoms with Gasteiger partial charge in [0.1, 0.15) is 17.1 Å². The lowest BCUT2D eigenvalue weighted by molar-refractivity contribution is 0.249. The molecular weight excluding hydrogens is 614 g/mol. The van der Waals surface area contributed by atoms with Gasteiger partial charge in [-0.2, -0.15) is 4.98 Å². The highest BCUT2D eigenvalue weighted by atomic mass is 79.9. The number of benzene rings is 2. The lowest BCUT2D eigenvalue weighted by Gasteiger charge is -2.37. The molecule has 10 nitrogen and oxygen atoms in total. The second-order valence-corrected chi connectivity index (χ2v) is 12.2. The minimum Gasteiger partial charge on any atom is -0.494 e. The molecule has 1 fully saturated rings. The van der Waals surface area contributed by atoms with E-state index in [0.29, 0.717) is 17.8 Å². The Balaban J connectivity index is 1.43. The molecule has 0 amide bonds. The van der Waals surface area contributed by atoms with Gasteiger partial charge in [-0.15, -0.1) is 0 Å². The van der Waals surface area contributed by atoms with Crippen molar-refractivity contribution in [1.29, 1.82) is 0 Å². The Morgan fingerprint density at radius 1 is 1.05 bits per heavy atom. The SMILES string of the molecule is CCc1cc(Nc2ncc(Br)c(Nc3ccc4nccnc4c3N(C)SC)n2)c(OC)cc1N1CCC(N(C)C)CC1. The highest BCUT2D eigenvalue weighted by Crippen LogP contribution is 2.39. The van der Waals surface area contributed by atoms with E-state index in [2.05, 4.69) is 88.8 Å². The molecule has 0 spiro atoms. The van der Waals surface area contributed by atoms with Gasteiger partial charge in [-0.1, -0.05) is 18.9 Å². The standard InChI is InChI=1S/C30H38BrN9OS/c1-7-19-16-24(26(41-5)17-25(19)40-14-10-20(11-15-40)38(2)3)36-30-34-18-21(31)29(37-30)35-23-9-8-22-27(33-13-12-32-22)28(23)39(4)42-6/h8-9,12-13,16-18,20H,7,10-11,14-15H2,1-6H3,(H2,34,35,36,37). The smallest absolute Gasteiger partial charge is 0.229 e. The van der Waals surface area contributed by atoms with Gasteiger partial charge in [0.05, 0.1) is 34.2 Å². The second-order valence-electron chi connectivity index (χ2n) is 10.4. The third-order valence-electron chi connectivity index (χ3n) is 7.76. The van der Waals surface area contributed by atoms with Gasteiger partial charge < -0.3 is 29.5 Å². The van der Waals surface area contributed by atoms with Crippen molar-refractivity contribution in [2.45, 2.75) is 32.2 Å². The number of ether oxygens (including phenoxy) is 1. The number of hydrogen-bond donors (Lipinski definition) is 2. The zero-order valence-electron chi connectivity index (χ0n) is 25.0. The summed E-state index contributed by atoms with van der Waals surface area (Å²) in [6.07, 6.45) is 10.4. The van der Waals surface area contributed by atoms with Crippen LogP contribution in [0.4, 0.5) is 34.5 Å². The Labute approximate surface area is 260 Å². The zero-order valence-corrected chi connectivity index (χ0v) is 27.4. The van der Waals surface area contributed by atoms with Gasteiger partial charge in [-0.25, -0.2) is 4.98 Å². The maximum absolute atomic E-state index is 5.85. The van der Waals surface area contributed by atoms with Crippen molar-refractivity contribution in [3.05, 3.63) is 52.9 Å². The summed E-state index contributed by atoms with van der Waals surface area (Å²) in [5.41, 5.74) is 6.75. The summed E-state index contributed by atoms with van der Waals surface area (Å²) in [6, 6.07) is 8.90. The molecule has 1 aliphatic rings. The number of aromatic nitrogens is 4. The van der Waals surface area contributed by atoms with Gasteiger partial charge in [0.15, 0.2) is 0 Å². The summed E-state index contributed by atoms with van der Waals surface area (Å²) in [4.78, 5) is 23.3. The molecule has 1 saturated heterocycles. The monoisotopic (exact) mass is 651 g/mol. The molecule has 1 aliphatic heterocycles. The lowest BCUT2D eigenvalue weighted by atomic mass is 10.0. The van der Waals surface area contributed by atoms with E-state index in [0.717, 1.165) is 70.7 Å². The van der Waals surface area contributed by atoms with E-state index < -0.39 is 0 Å². The molecule has 0 atom stereocenters. The zero-order chi connectivity index (χ0) is 29.8. The minimum atomic E-state index is 0.459. The van der Waals surface area contributed by atoms with Crippen LogP contribution in [0.5, 0.6) is 5.75 Å². The molecule has 0 saturated carbocycles. The van der Waals surface area contributed by atoms with Crippen LogP contribution in [0.2, 0.25) is 0 Å². The first kappa shape index (κ1) is 30.1. The third kappa shape index (κ3) is 6.35.